The molecular weight excluding hydrogens is 192 g/mol. The Balaban J connectivity index is 2.23. The normalized spacial score (nSPS) is 15.7. The Morgan fingerprint density at radius 3 is 2.67 bits per heavy atom. The van der Waals surface area contributed by atoms with Crippen molar-refractivity contribution in [2.24, 2.45) is 5.73 Å². The van der Waals surface area contributed by atoms with Gasteiger partial charge in [0.15, 0.2) is 0 Å². The van der Waals surface area contributed by atoms with Gasteiger partial charge in [-0.1, -0.05) is 0 Å². The summed E-state index contributed by atoms with van der Waals surface area (Å²) in [7, 11) is 0. The van der Waals surface area contributed by atoms with Crippen molar-refractivity contribution in [3.8, 4) is 5.75 Å². The van der Waals surface area contributed by atoms with E-state index in [9.17, 15) is 4.79 Å². The lowest BCUT2D eigenvalue weighted by molar-refractivity contribution is 0.0972. The van der Waals surface area contributed by atoms with E-state index in [0.717, 1.165) is 12.8 Å². The Bertz CT molecular complexity index is 386. The molecule has 1 fully saturated rings. The first-order valence-corrected chi connectivity index (χ1v) is 5.03. The van der Waals surface area contributed by atoms with Crippen molar-refractivity contribution in [1.29, 1.82) is 0 Å². The monoisotopic (exact) mass is 206 g/mol. The average Bonchev–Trinajstić information content (AvgIpc) is 2.12. The second-order valence-electron chi connectivity index (χ2n) is 3.79. The smallest absolute Gasteiger partial charge is 0.252 e. The maximum Gasteiger partial charge on any atom is 0.252 e. The summed E-state index contributed by atoms with van der Waals surface area (Å²) in [5.74, 6) is 0.0398. The van der Waals surface area contributed by atoms with Crippen LogP contribution in [-0.2, 0) is 0 Å². The third-order valence-electron chi connectivity index (χ3n) is 2.61. The van der Waals surface area contributed by atoms with Crippen LogP contribution in [-0.4, -0.2) is 12.0 Å². The van der Waals surface area contributed by atoms with Crippen LogP contribution < -0.4 is 16.2 Å². The minimum atomic E-state index is -0.503. The lowest BCUT2D eigenvalue weighted by Gasteiger charge is -2.27. The number of anilines is 1. The highest BCUT2D eigenvalue weighted by Gasteiger charge is 2.21. The molecular formula is C11H14N2O2. The fraction of sp³-hybridized carbons (Fsp3) is 0.364. The zero-order valence-corrected chi connectivity index (χ0v) is 8.40. The number of nitrogens with two attached hydrogens (primary N) is 2. The van der Waals surface area contributed by atoms with E-state index in [4.69, 9.17) is 16.2 Å². The number of ether oxygens (including phenoxy) is 1. The molecule has 15 heavy (non-hydrogen) atoms. The van der Waals surface area contributed by atoms with Crippen molar-refractivity contribution >= 4 is 11.6 Å². The van der Waals surface area contributed by atoms with E-state index in [1.165, 1.54) is 6.42 Å². The molecule has 80 valence electrons. The van der Waals surface area contributed by atoms with Gasteiger partial charge in [0.1, 0.15) is 5.75 Å². The molecule has 4 nitrogen and oxygen atoms in total. The van der Waals surface area contributed by atoms with Crippen LogP contribution in [0.2, 0.25) is 0 Å². The third-order valence-corrected chi connectivity index (χ3v) is 2.61. The summed E-state index contributed by atoms with van der Waals surface area (Å²) >= 11 is 0. The number of amides is 1. The minimum Gasteiger partial charge on any atom is -0.490 e. The van der Waals surface area contributed by atoms with Crippen LogP contribution in [0.1, 0.15) is 29.6 Å². The van der Waals surface area contributed by atoms with E-state index in [0.29, 0.717) is 17.0 Å². The number of carbonyl (C=O) groups is 1. The Kier molecular flexibility index (Phi) is 2.49. The molecule has 0 aliphatic heterocycles. The second-order valence-corrected chi connectivity index (χ2v) is 3.79. The highest BCUT2D eigenvalue weighted by atomic mass is 16.5. The van der Waals surface area contributed by atoms with Gasteiger partial charge in [-0.2, -0.15) is 0 Å². The number of rotatable bonds is 3. The van der Waals surface area contributed by atoms with Gasteiger partial charge in [-0.15, -0.1) is 0 Å². The average molecular weight is 206 g/mol. The molecule has 1 amide bonds. The van der Waals surface area contributed by atoms with Crippen LogP contribution in [0.25, 0.3) is 0 Å². The Hall–Kier alpha value is -1.71. The first kappa shape index (κ1) is 9.83. The topological polar surface area (TPSA) is 78.3 Å². The molecule has 0 atom stereocenters. The van der Waals surface area contributed by atoms with Gasteiger partial charge >= 0.3 is 0 Å². The van der Waals surface area contributed by atoms with E-state index in [1.54, 1.807) is 18.2 Å². The standard InChI is InChI=1S/C11H14N2O2/c12-7-4-5-10(9(6-7)11(13)14)15-8-2-1-3-8/h4-6,8H,1-3,12H2,(H2,13,14). The minimum absolute atomic E-state index is 0.228. The number of hydrogen-bond donors (Lipinski definition) is 2. The van der Waals surface area contributed by atoms with Gasteiger partial charge in [0.25, 0.3) is 5.91 Å². The van der Waals surface area contributed by atoms with Crippen molar-refractivity contribution in [3.63, 3.8) is 0 Å². The molecule has 1 aliphatic carbocycles. The summed E-state index contributed by atoms with van der Waals surface area (Å²) in [4.78, 5) is 11.1. The maximum absolute atomic E-state index is 11.1. The van der Waals surface area contributed by atoms with Gasteiger partial charge in [-0.25, -0.2) is 0 Å². The molecule has 0 heterocycles. The SMILES string of the molecule is NC(=O)c1cc(N)ccc1OC1CCC1. The van der Waals surface area contributed by atoms with Gasteiger partial charge in [-0.3, -0.25) is 4.79 Å². The molecule has 4 heteroatoms. The van der Waals surface area contributed by atoms with Crippen molar-refractivity contribution in [1.82, 2.24) is 0 Å². The second kappa shape index (κ2) is 3.81. The highest BCUT2D eigenvalue weighted by Crippen LogP contribution is 2.28. The highest BCUT2D eigenvalue weighted by molar-refractivity contribution is 5.96. The molecule has 0 saturated heterocycles. The number of hydrogen-bond acceptors (Lipinski definition) is 3. The first-order valence-electron chi connectivity index (χ1n) is 5.03. The summed E-state index contributed by atoms with van der Waals surface area (Å²) in [6.07, 6.45) is 3.50. The Labute approximate surface area is 88.2 Å². The van der Waals surface area contributed by atoms with E-state index < -0.39 is 5.91 Å². The van der Waals surface area contributed by atoms with Crippen LogP contribution in [0.4, 0.5) is 5.69 Å². The molecule has 0 bridgehead atoms. The van der Waals surface area contributed by atoms with Crippen LogP contribution >= 0.6 is 0 Å². The Morgan fingerprint density at radius 2 is 2.13 bits per heavy atom. The largest absolute Gasteiger partial charge is 0.490 e. The quantitative estimate of drug-likeness (QED) is 0.731. The van der Waals surface area contributed by atoms with Crippen molar-refractivity contribution in [2.75, 3.05) is 5.73 Å². The molecule has 0 aromatic heterocycles. The molecule has 2 rings (SSSR count). The van der Waals surface area contributed by atoms with Gasteiger partial charge in [0.05, 0.1) is 11.7 Å². The van der Waals surface area contributed by atoms with Crippen molar-refractivity contribution in [2.45, 2.75) is 25.4 Å². The Morgan fingerprint density at radius 1 is 1.40 bits per heavy atom. The van der Waals surface area contributed by atoms with Gasteiger partial charge < -0.3 is 16.2 Å². The number of carbonyl (C=O) groups excluding carboxylic acids is 1. The third kappa shape index (κ3) is 2.03. The molecule has 1 aromatic carbocycles. The molecule has 0 unspecified atom stereocenters. The van der Waals surface area contributed by atoms with Crippen LogP contribution in [0.15, 0.2) is 18.2 Å². The van der Waals surface area contributed by atoms with E-state index in [1.807, 2.05) is 0 Å². The van der Waals surface area contributed by atoms with Gasteiger partial charge in [0.2, 0.25) is 0 Å². The van der Waals surface area contributed by atoms with Crippen molar-refractivity contribution in [3.05, 3.63) is 23.8 Å². The maximum atomic E-state index is 11.1. The number of benzene rings is 1. The zero-order valence-electron chi connectivity index (χ0n) is 8.40. The summed E-state index contributed by atoms with van der Waals surface area (Å²) in [6, 6.07) is 4.96. The zero-order chi connectivity index (χ0) is 10.8. The fourth-order valence-corrected chi connectivity index (χ4v) is 1.51. The molecule has 4 N–H and O–H groups in total. The lowest BCUT2D eigenvalue weighted by Crippen LogP contribution is -2.26. The summed E-state index contributed by atoms with van der Waals surface area (Å²) in [6.45, 7) is 0. The van der Waals surface area contributed by atoms with Crippen LogP contribution in [0, 0.1) is 0 Å². The van der Waals surface area contributed by atoms with Crippen LogP contribution in [0.5, 0.6) is 5.75 Å². The van der Waals surface area contributed by atoms with E-state index in [-0.39, 0.29) is 6.10 Å². The molecule has 1 aliphatic rings. The predicted molar refractivity (Wildman–Crippen MR) is 57.6 cm³/mol. The summed E-state index contributed by atoms with van der Waals surface area (Å²) in [5, 5.41) is 0. The van der Waals surface area contributed by atoms with Crippen LogP contribution in [0.3, 0.4) is 0 Å². The number of nitrogen functional groups attached to an aromatic ring is 1. The van der Waals surface area contributed by atoms with Crippen molar-refractivity contribution < 1.29 is 9.53 Å². The fourth-order valence-electron chi connectivity index (χ4n) is 1.51. The molecule has 1 aromatic rings. The van der Waals surface area contributed by atoms with Gasteiger partial charge in [-0.05, 0) is 37.5 Å². The molecule has 0 radical (unpaired) electrons. The van der Waals surface area contributed by atoms with E-state index >= 15 is 0 Å². The van der Waals surface area contributed by atoms with E-state index in [2.05, 4.69) is 0 Å². The lowest BCUT2D eigenvalue weighted by atomic mass is 9.96. The van der Waals surface area contributed by atoms with Gasteiger partial charge in [0, 0.05) is 5.69 Å². The summed E-state index contributed by atoms with van der Waals surface area (Å²) in [5.41, 5.74) is 11.7. The molecule has 0 spiro atoms. The predicted octanol–water partition coefficient (Wildman–Crippen LogP) is 1.30. The summed E-state index contributed by atoms with van der Waals surface area (Å²) < 4.78 is 5.64. The first-order chi connectivity index (χ1) is 7.16. The number of primary amides is 1. The molecule has 1 saturated carbocycles.